The van der Waals surface area contributed by atoms with Gasteiger partial charge in [-0.3, -0.25) is 0 Å². The van der Waals surface area contributed by atoms with Crippen molar-refractivity contribution in [2.24, 2.45) is 9.98 Å². The molecule has 0 saturated heterocycles. The zero-order valence-electron chi connectivity index (χ0n) is 27.0. The van der Waals surface area contributed by atoms with E-state index in [9.17, 15) is 0 Å². The second-order valence-corrected chi connectivity index (χ2v) is 12.7. The molecule has 2 aliphatic heterocycles. The highest BCUT2D eigenvalue weighted by atomic mass is 16.3. The fraction of sp³-hybridized carbons (Fsp3) is 0.0455. The van der Waals surface area contributed by atoms with Gasteiger partial charge in [0.2, 0.25) is 5.88 Å². The van der Waals surface area contributed by atoms with Crippen molar-refractivity contribution in [2.75, 3.05) is 11.9 Å². The average Bonchev–Trinajstić information content (AvgIpc) is 3.74. The molecule has 4 heterocycles. The lowest BCUT2D eigenvalue weighted by Crippen LogP contribution is -2.36. The second kappa shape index (κ2) is 11.5. The maximum absolute atomic E-state index is 6.57. The minimum atomic E-state index is -0.449. The number of furan rings is 1. The van der Waals surface area contributed by atoms with Gasteiger partial charge in [-0.2, -0.15) is 0 Å². The molecule has 0 amide bonds. The van der Waals surface area contributed by atoms with Gasteiger partial charge in [0.25, 0.3) is 0 Å². The molecule has 0 aliphatic carbocycles. The summed E-state index contributed by atoms with van der Waals surface area (Å²) in [5.74, 6) is 2.28. The molecule has 1 unspecified atom stereocenters. The van der Waals surface area contributed by atoms with Gasteiger partial charge in [0.15, 0.2) is 6.17 Å². The van der Waals surface area contributed by atoms with E-state index in [1.165, 1.54) is 16.3 Å². The Bertz CT molecular complexity index is 2610. The highest BCUT2D eigenvalue weighted by molar-refractivity contribution is 6.21. The first-order valence-electron chi connectivity index (χ1n) is 16.9. The summed E-state index contributed by atoms with van der Waals surface area (Å²) in [5, 5.41) is 10.5. The number of hydrogen-bond donors (Lipinski definition) is 2. The first kappa shape index (κ1) is 28.4. The molecule has 238 valence electrons. The summed E-state index contributed by atoms with van der Waals surface area (Å²) in [7, 11) is 0. The standard InChI is InChI=1S/C44H31N5O/c1-3-12-28(13-4-1)29-21-23-31(24-22-29)42-46-41(30-14-5-2-6-15-30)47-43(48-42)36-26-32(27-39-40(36)35-18-11-25-45-44(35)50-39)49-37-19-9-7-16-33(37)34-17-8-10-20-38(34)49/h1-24,26-27,42,45H,25H2,(H,46,47,48). The number of para-hydroxylation sites is 2. The zero-order chi connectivity index (χ0) is 33.0. The van der Waals surface area contributed by atoms with Gasteiger partial charge < -0.3 is 19.6 Å². The van der Waals surface area contributed by atoms with Crippen molar-refractivity contribution >= 4 is 56.4 Å². The van der Waals surface area contributed by atoms with Gasteiger partial charge in [-0.05, 0) is 34.9 Å². The molecule has 2 aromatic heterocycles. The van der Waals surface area contributed by atoms with Gasteiger partial charge in [0.05, 0.1) is 16.7 Å². The lowest BCUT2D eigenvalue weighted by atomic mass is 10.0. The van der Waals surface area contributed by atoms with Crippen LogP contribution in [0.1, 0.15) is 28.4 Å². The maximum atomic E-state index is 6.57. The van der Waals surface area contributed by atoms with Crippen LogP contribution in [-0.2, 0) is 0 Å². The summed E-state index contributed by atoms with van der Waals surface area (Å²) in [4.78, 5) is 10.5. The van der Waals surface area contributed by atoms with Crippen LogP contribution >= 0.6 is 0 Å². The van der Waals surface area contributed by atoms with Crippen LogP contribution in [-0.4, -0.2) is 22.8 Å². The molecule has 1 atom stereocenters. The van der Waals surface area contributed by atoms with Gasteiger partial charge >= 0.3 is 0 Å². The van der Waals surface area contributed by atoms with E-state index in [4.69, 9.17) is 14.4 Å². The molecule has 8 aromatic rings. The van der Waals surface area contributed by atoms with E-state index >= 15 is 0 Å². The Kier molecular flexibility index (Phi) is 6.52. The molecule has 50 heavy (non-hydrogen) atoms. The quantitative estimate of drug-likeness (QED) is 0.196. The number of nitrogens with zero attached hydrogens (tertiary/aromatic N) is 3. The second-order valence-electron chi connectivity index (χ2n) is 12.7. The van der Waals surface area contributed by atoms with Crippen molar-refractivity contribution in [3.8, 4) is 16.8 Å². The van der Waals surface area contributed by atoms with E-state index in [1.807, 2.05) is 24.3 Å². The van der Waals surface area contributed by atoms with Crippen LogP contribution in [0.4, 0.5) is 5.88 Å². The molecule has 0 bridgehead atoms. The number of benzene rings is 6. The van der Waals surface area contributed by atoms with E-state index in [0.717, 1.165) is 73.1 Å². The van der Waals surface area contributed by atoms with Crippen LogP contribution in [0.25, 0.3) is 55.7 Å². The third-order valence-electron chi connectivity index (χ3n) is 9.67. The number of amidine groups is 2. The van der Waals surface area contributed by atoms with Gasteiger partial charge in [0.1, 0.15) is 17.3 Å². The van der Waals surface area contributed by atoms with Gasteiger partial charge in [0, 0.05) is 45.5 Å². The van der Waals surface area contributed by atoms with Crippen LogP contribution in [0, 0.1) is 0 Å². The topological polar surface area (TPSA) is 66.8 Å². The van der Waals surface area contributed by atoms with Crippen LogP contribution < -0.4 is 10.6 Å². The van der Waals surface area contributed by atoms with Crippen LogP contribution in [0.3, 0.4) is 0 Å². The average molecular weight is 646 g/mol. The molecule has 0 radical (unpaired) electrons. The summed E-state index contributed by atoms with van der Waals surface area (Å²) >= 11 is 0. The summed E-state index contributed by atoms with van der Waals surface area (Å²) in [6, 6.07) is 50.8. The third-order valence-corrected chi connectivity index (χ3v) is 9.67. The Morgan fingerprint density at radius 3 is 1.96 bits per heavy atom. The molecule has 0 saturated carbocycles. The van der Waals surface area contributed by atoms with Crippen molar-refractivity contribution in [2.45, 2.75) is 6.17 Å². The summed E-state index contributed by atoms with van der Waals surface area (Å²) in [5.41, 5.74) is 10.4. The minimum Gasteiger partial charge on any atom is -0.440 e. The van der Waals surface area contributed by atoms with Crippen molar-refractivity contribution in [1.29, 1.82) is 0 Å². The zero-order valence-corrected chi connectivity index (χ0v) is 27.0. The molecule has 2 N–H and O–H groups in total. The Morgan fingerprint density at radius 2 is 1.24 bits per heavy atom. The largest absolute Gasteiger partial charge is 0.440 e. The minimum absolute atomic E-state index is 0.449. The lowest BCUT2D eigenvalue weighted by molar-refractivity contribution is 0.628. The third kappa shape index (κ3) is 4.65. The van der Waals surface area contributed by atoms with Gasteiger partial charge in [-0.25, -0.2) is 9.98 Å². The van der Waals surface area contributed by atoms with Gasteiger partial charge in [-0.1, -0.05) is 133 Å². The number of aromatic nitrogens is 1. The van der Waals surface area contributed by atoms with Crippen LogP contribution in [0.15, 0.2) is 166 Å². The number of rotatable bonds is 5. The van der Waals surface area contributed by atoms with E-state index in [0.29, 0.717) is 6.54 Å². The number of anilines is 1. The molecule has 6 heteroatoms. The fourth-order valence-electron chi connectivity index (χ4n) is 7.33. The summed E-state index contributed by atoms with van der Waals surface area (Å²) < 4.78 is 8.90. The molecule has 6 aromatic carbocycles. The Morgan fingerprint density at radius 1 is 0.620 bits per heavy atom. The number of hydrogen-bond acceptors (Lipinski definition) is 5. The van der Waals surface area contributed by atoms with Crippen molar-refractivity contribution < 1.29 is 4.42 Å². The predicted octanol–water partition coefficient (Wildman–Crippen LogP) is 10.1. The molecular formula is C44H31N5O. The monoisotopic (exact) mass is 645 g/mol. The number of fused-ring (bicyclic) bond motifs is 6. The van der Waals surface area contributed by atoms with E-state index in [2.05, 4.69) is 149 Å². The first-order valence-corrected chi connectivity index (χ1v) is 16.9. The van der Waals surface area contributed by atoms with Gasteiger partial charge in [-0.15, -0.1) is 0 Å². The number of nitrogens with one attached hydrogen (secondary N) is 2. The molecular weight excluding hydrogens is 615 g/mol. The highest BCUT2D eigenvalue weighted by Gasteiger charge is 2.27. The highest BCUT2D eigenvalue weighted by Crippen LogP contribution is 2.40. The molecule has 6 nitrogen and oxygen atoms in total. The normalized spacial score (nSPS) is 15.4. The molecule has 0 spiro atoms. The van der Waals surface area contributed by atoms with Crippen molar-refractivity contribution in [3.63, 3.8) is 0 Å². The maximum Gasteiger partial charge on any atom is 0.201 e. The Labute approximate surface area is 288 Å². The Balaban J connectivity index is 1.19. The molecule has 10 rings (SSSR count). The van der Waals surface area contributed by atoms with Crippen molar-refractivity contribution in [3.05, 3.63) is 174 Å². The van der Waals surface area contributed by atoms with E-state index in [1.54, 1.807) is 0 Å². The van der Waals surface area contributed by atoms with E-state index < -0.39 is 6.17 Å². The molecule has 0 fully saturated rings. The fourth-order valence-corrected chi connectivity index (χ4v) is 7.33. The van der Waals surface area contributed by atoms with Crippen LogP contribution in [0.2, 0.25) is 0 Å². The molecule has 2 aliphatic rings. The predicted molar refractivity (Wildman–Crippen MR) is 205 cm³/mol. The Hall–Kier alpha value is -6.66. The van der Waals surface area contributed by atoms with E-state index in [-0.39, 0.29) is 0 Å². The lowest BCUT2D eigenvalue weighted by Gasteiger charge is -2.23. The SMILES string of the molecule is C1=Cc2c(oc3cc(-n4c5ccccc5c5ccccc54)cc(C4=NC(c5ccc(-c6ccccc6)cc5)N=C(c5ccccc5)N4)c23)NC1. The van der Waals surface area contributed by atoms with Crippen LogP contribution in [0.5, 0.6) is 0 Å². The first-order chi connectivity index (χ1) is 24.8. The number of aliphatic imine (C=N–C) groups is 2. The smallest absolute Gasteiger partial charge is 0.201 e. The summed E-state index contributed by atoms with van der Waals surface area (Å²) in [6.07, 6.45) is 3.83. The van der Waals surface area contributed by atoms with Crippen molar-refractivity contribution in [1.82, 2.24) is 9.88 Å². The summed E-state index contributed by atoms with van der Waals surface area (Å²) in [6.45, 7) is 0.715.